The molecule has 31 heavy (non-hydrogen) atoms. The number of carboxylic acid groups (broad SMARTS) is 1. The van der Waals surface area contributed by atoms with Crippen LogP contribution in [0.2, 0.25) is 5.02 Å². The summed E-state index contributed by atoms with van der Waals surface area (Å²) >= 11 is 9.82. The molecule has 0 unspecified atom stereocenters. The van der Waals surface area contributed by atoms with E-state index in [2.05, 4.69) is 26.3 Å². The molecule has 0 atom stereocenters. The fourth-order valence-corrected chi connectivity index (χ4v) is 5.55. The summed E-state index contributed by atoms with van der Waals surface area (Å²) < 4.78 is 2.81. The van der Waals surface area contributed by atoms with Crippen LogP contribution in [0.3, 0.4) is 0 Å². The van der Waals surface area contributed by atoms with E-state index in [4.69, 9.17) is 16.7 Å². The number of halogens is 2. The number of hydrogen-bond donors (Lipinski definition) is 2. The van der Waals surface area contributed by atoms with Crippen molar-refractivity contribution >= 4 is 50.3 Å². The Hall–Kier alpha value is -2.38. The largest absolute Gasteiger partial charge is 0.481 e. The van der Waals surface area contributed by atoms with Gasteiger partial charge in [-0.25, -0.2) is 0 Å². The number of aromatic nitrogens is 2. The van der Waals surface area contributed by atoms with Gasteiger partial charge in [0.1, 0.15) is 0 Å². The molecule has 1 aromatic heterocycles. The smallest absolute Gasteiger partial charge is 0.306 e. The highest BCUT2D eigenvalue weighted by Crippen LogP contribution is 2.58. The standard InChI is InChI=1S/C23H21BrClN3O3/c24-15-3-1-13(2-4-15)12-28-20-17(5-6-19(25)18(20)11-26-28)21(29)27-16-9-23(10-16)7-14(8-23)22(30)31/h1-6,11,14,16H,7-10,12H2,(H,27,29)(H,30,31). The molecule has 0 aliphatic heterocycles. The minimum absolute atomic E-state index is 0.0795. The van der Waals surface area contributed by atoms with Gasteiger partial charge in [0.05, 0.1) is 34.8 Å². The zero-order valence-electron chi connectivity index (χ0n) is 16.6. The second-order valence-corrected chi connectivity index (χ2v) is 10.1. The van der Waals surface area contributed by atoms with Crippen molar-refractivity contribution < 1.29 is 14.7 Å². The molecule has 0 radical (unpaired) electrons. The SMILES string of the molecule is O=C(NC1CC2(C1)CC(C(=O)O)C2)c1ccc(Cl)c2cnn(Cc3ccc(Br)cc3)c12. The maximum atomic E-state index is 13.1. The number of carboxylic acids is 1. The van der Waals surface area contributed by atoms with Gasteiger partial charge >= 0.3 is 5.97 Å². The van der Waals surface area contributed by atoms with E-state index in [1.165, 1.54) is 0 Å². The first-order valence-electron chi connectivity index (χ1n) is 10.3. The van der Waals surface area contributed by atoms with Crippen molar-refractivity contribution in [2.45, 2.75) is 38.3 Å². The van der Waals surface area contributed by atoms with E-state index < -0.39 is 5.97 Å². The number of amides is 1. The lowest BCUT2D eigenvalue weighted by Gasteiger charge is -2.56. The Kier molecular flexibility index (Phi) is 5.06. The maximum Gasteiger partial charge on any atom is 0.306 e. The molecule has 2 aliphatic carbocycles. The van der Waals surface area contributed by atoms with Gasteiger partial charge in [0.2, 0.25) is 0 Å². The molecule has 3 aromatic rings. The van der Waals surface area contributed by atoms with Gasteiger partial charge in [-0.05, 0) is 60.9 Å². The quantitative estimate of drug-likeness (QED) is 0.521. The molecule has 1 spiro atoms. The van der Waals surface area contributed by atoms with Crippen LogP contribution in [0.4, 0.5) is 0 Å². The molecular weight excluding hydrogens is 482 g/mol. The van der Waals surface area contributed by atoms with Crippen LogP contribution in [-0.2, 0) is 11.3 Å². The number of nitrogens with zero attached hydrogens (tertiary/aromatic N) is 2. The number of benzene rings is 2. The monoisotopic (exact) mass is 501 g/mol. The van der Waals surface area contributed by atoms with Crippen molar-refractivity contribution in [2.75, 3.05) is 0 Å². The Balaban J connectivity index is 1.34. The van der Waals surface area contributed by atoms with Gasteiger partial charge in [-0.15, -0.1) is 0 Å². The molecule has 2 aliphatic rings. The van der Waals surface area contributed by atoms with Crippen molar-refractivity contribution in [1.29, 1.82) is 0 Å². The number of carbonyl (C=O) groups excluding carboxylic acids is 1. The van der Waals surface area contributed by atoms with Crippen LogP contribution in [0.25, 0.3) is 10.9 Å². The normalized spacial score (nSPS) is 24.6. The third-order valence-corrected chi connectivity index (χ3v) is 7.50. The molecule has 0 saturated heterocycles. The van der Waals surface area contributed by atoms with Crippen LogP contribution >= 0.6 is 27.5 Å². The highest BCUT2D eigenvalue weighted by atomic mass is 79.9. The number of hydrogen-bond acceptors (Lipinski definition) is 3. The van der Waals surface area contributed by atoms with Gasteiger partial charge in [0.25, 0.3) is 5.91 Å². The zero-order valence-corrected chi connectivity index (χ0v) is 19.0. The molecule has 0 bridgehead atoms. The minimum Gasteiger partial charge on any atom is -0.481 e. The van der Waals surface area contributed by atoms with Gasteiger partial charge in [-0.2, -0.15) is 5.10 Å². The Bertz CT molecular complexity index is 1180. The van der Waals surface area contributed by atoms with Gasteiger partial charge in [0.15, 0.2) is 0 Å². The average Bonchev–Trinajstić information content (AvgIpc) is 3.09. The van der Waals surface area contributed by atoms with Crippen LogP contribution in [0, 0.1) is 11.3 Å². The minimum atomic E-state index is -0.708. The third kappa shape index (κ3) is 3.74. The molecule has 6 nitrogen and oxygen atoms in total. The summed E-state index contributed by atoms with van der Waals surface area (Å²) in [6.45, 7) is 0.528. The predicted molar refractivity (Wildman–Crippen MR) is 121 cm³/mol. The maximum absolute atomic E-state index is 13.1. The summed E-state index contributed by atoms with van der Waals surface area (Å²) in [6.07, 6.45) is 4.83. The van der Waals surface area contributed by atoms with Crippen molar-refractivity contribution in [3.05, 3.63) is 63.2 Å². The summed E-state index contributed by atoms with van der Waals surface area (Å²) in [4.78, 5) is 24.2. The lowest BCUT2D eigenvalue weighted by atomic mass is 9.50. The molecule has 2 aromatic carbocycles. The van der Waals surface area contributed by atoms with Crippen molar-refractivity contribution in [3.8, 4) is 0 Å². The highest BCUT2D eigenvalue weighted by molar-refractivity contribution is 9.10. The van der Waals surface area contributed by atoms with Gasteiger partial charge in [-0.3, -0.25) is 14.3 Å². The molecule has 2 saturated carbocycles. The number of carbonyl (C=O) groups is 2. The second kappa shape index (κ2) is 7.64. The first-order chi connectivity index (χ1) is 14.8. The Morgan fingerprint density at radius 3 is 2.55 bits per heavy atom. The molecular formula is C23H21BrClN3O3. The van der Waals surface area contributed by atoms with E-state index in [9.17, 15) is 9.59 Å². The van der Waals surface area contributed by atoms with Crippen molar-refractivity contribution in [3.63, 3.8) is 0 Å². The van der Waals surface area contributed by atoms with E-state index in [-0.39, 0.29) is 23.3 Å². The summed E-state index contributed by atoms with van der Waals surface area (Å²) in [5.74, 6) is -1.07. The van der Waals surface area contributed by atoms with Gasteiger partial charge in [0, 0.05) is 15.9 Å². The van der Waals surface area contributed by atoms with Crippen LogP contribution in [-0.4, -0.2) is 32.8 Å². The number of rotatable bonds is 5. The van der Waals surface area contributed by atoms with Crippen molar-refractivity contribution in [1.82, 2.24) is 15.1 Å². The van der Waals surface area contributed by atoms with E-state index in [1.807, 2.05) is 28.9 Å². The lowest BCUT2D eigenvalue weighted by Crippen LogP contribution is -2.57. The molecule has 1 heterocycles. The Labute approximate surface area is 192 Å². The zero-order chi connectivity index (χ0) is 21.8. The Morgan fingerprint density at radius 2 is 1.87 bits per heavy atom. The molecule has 160 valence electrons. The van der Waals surface area contributed by atoms with Crippen LogP contribution in [0.5, 0.6) is 0 Å². The first-order valence-corrected chi connectivity index (χ1v) is 11.4. The molecule has 2 fully saturated rings. The van der Waals surface area contributed by atoms with E-state index in [1.54, 1.807) is 18.3 Å². The number of aliphatic carboxylic acids is 1. The molecule has 2 N–H and O–H groups in total. The topological polar surface area (TPSA) is 84.2 Å². The van der Waals surface area contributed by atoms with Gasteiger partial charge in [-0.1, -0.05) is 39.7 Å². The average molecular weight is 503 g/mol. The second-order valence-electron chi connectivity index (χ2n) is 8.81. The molecule has 5 rings (SSSR count). The Morgan fingerprint density at radius 1 is 1.16 bits per heavy atom. The van der Waals surface area contributed by atoms with E-state index in [0.29, 0.717) is 17.1 Å². The van der Waals surface area contributed by atoms with Crippen LogP contribution in [0.15, 0.2) is 47.1 Å². The fourth-order valence-electron chi connectivity index (χ4n) is 5.08. The highest BCUT2D eigenvalue weighted by Gasteiger charge is 2.55. The molecule has 8 heteroatoms. The predicted octanol–water partition coefficient (Wildman–Crippen LogP) is 4.87. The van der Waals surface area contributed by atoms with Crippen molar-refractivity contribution in [2.24, 2.45) is 11.3 Å². The summed E-state index contributed by atoms with van der Waals surface area (Å²) in [6, 6.07) is 11.5. The van der Waals surface area contributed by atoms with E-state index in [0.717, 1.165) is 46.6 Å². The first kappa shape index (κ1) is 20.5. The summed E-state index contributed by atoms with van der Waals surface area (Å²) in [5.41, 5.74) is 2.45. The fraction of sp³-hybridized carbons (Fsp3) is 0.348. The number of fused-ring (bicyclic) bond motifs is 1. The van der Waals surface area contributed by atoms with Gasteiger partial charge < -0.3 is 10.4 Å². The van der Waals surface area contributed by atoms with Crippen LogP contribution < -0.4 is 5.32 Å². The number of nitrogens with one attached hydrogen (secondary N) is 1. The third-order valence-electron chi connectivity index (χ3n) is 6.64. The lowest BCUT2D eigenvalue weighted by molar-refractivity contribution is -0.155. The summed E-state index contributed by atoms with van der Waals surface area (Å²) in [5, 5.41) is 18.0. The molecule has 1 amide bonds. The van der Waals surface area contributed by atoms with E-state index >= 15 is 0 Å². The van der Waals surface area contributed by atoms with Crippen LogP contribution in [0.1, 0.15) is 41.6 Å². The summed E-state index contributed by atoms with van der Waals surface area (Å²) in [7, 11) is 0.